The highest BCUT2D eigenvalue weighted by atomic mass is 79.9. The van der Waals surface area contributed by atoms with Gasteiger partial charge in [0.2, 0.25) is 0 Å². The van der Waals surface area contributed by atoms with E-state index in [4.69, 9.17) is 9.72 Å². The fourth-order valence-electron chi connectivity index (χ4n) is 3.01. The van der Waals surface area contributed by atoms with E-state index in [1.54, 1.807) is 48.8 Å². The predicted octanol–water partition coefficient (Wildman–Crippen LogP) is 5.00. The zero-order chi connectivity index (χ0) is 20.2. The minimum Gasteiger partial charge on any atom is -0.497 e. The van der Waals surface area contributed by atoms with E-state index in [0.29, 0.717) is 17.2 Å². The number of methoxy groups -OCH3 is 1. The van der Waals surface area contributed by atoms with Crippen molar-refractivity contribution in [2.24, 2.45) is 0 Å². The van der Waals surface area contributed by atoms with E-state index in [-0.39, 0.29) is 5.91 Å². The molecule has 2 aromatic heterocycles. The number of thiazole rings is 1. The summed E-state index contributed by atoms with van der Waals surface area (Å²) < 4.78 is 9.24. The zero-order valence-corrected chi connectivity index (χ0v) is 18.2. The lowest BCUT2D eigenvalue weighted by atomic mass is 10.2. The van der Waals surface area contributed by atoms with Crippen LogP contribution in [0.2, 0.25) is 0 Å². The molecule has 0 aliphatic carbocycles. The Kier molecular flexibility index (Phi) is 5.92. The Labute approximate surface area is 180 Å². The summed E-state index contributed by atoms with van der Waals surface area (Å²) in [6.45, 7) is 1.34. The molecule has 4 aromatic rings. The number of amides is 1. The third-order valence-corrected chi connectivity index (χ3v) is 6.04. The number of imidazole rings is 1. The molecule has 2 aromatic carbocycles. The Morgan fingerprint density at radius 1 is 1.24 bits per heavy atom. The lowest BCUT2D eigenvalue weighted by Gasteiger charge is -2.20. The van der Waals surface area contributed by atoms with E-state index < -0.39 is 0 Å². The lowest BCUT2D eigenvalue weighted by Crippen LogP contribution is -2.32. The van der Waals surface area contributed by atoms with Crippen LogP contribution in [0, 0.1) is 0 Å². The highest BCUT2D eigenvalue weighted by molar-refractivity contribution is 9.10. The standard InChI is InChI=1S/C21H19BrN4O2S/c1-28-17-6-3-15(4-7-17)20(27)26(11-2-10-25-12-9-23-14-25)21-24-18-8-5-16(22)13-19(18)29-21/h3-9,12-14H,2,10-11H2,1H3. The van der Waals surface area contributed by atoms with Gasteiger partial charge in [-0.05, 0) is 48.9 Å². The minimum absolute atomic E-state index is 0.0728. The molecule has 0 aliphatic rings. The summed E-state index contributed by atoms with van der Waals surface area (Å²) in [6, 6.07) is 13.1. The molecule has 0 radical (unpaired) electrons. The second kappa shape index (κ2) is 8.75. The molecule has 0 unspecified atom stereocenters. The van der Waals surface area contributed by atoms with Crippen LogP contribution in [0.4, 0.5) is 5.13 Å². The largest absolute Gasteiger partial charge is 0.497 e. The number of nitrogens with zero attached hydrogens (tertiary/aromatic N) is 4. The maximum Gasteiger partial charge on any atom is 0.260 e. The summed E-state index contributed by atoms with van der Waals surface area (Å²) in [5.74, 6) is 0.648. The van der Waals surface area contributed by atoms with Crippen molar-refractivity contribution >= 4 is 48.5 Å². The van der Waals surface area contributed by atoms with Gasteiger partial charge in [0, 0.05) is 35.5 Å². The minimum atomic E-state index is -0.0728. The van der Waals surface area contributed by atoms with E-state index in [2.05, 4.69) is 20.9 Å². The Morgan fingerprint density at radius 3 is 2.79 bits per heavy atom. The van der Waals surface area contributed by atoms with E-state index >= 15 is 0 Å². The fourth-order valence-corrected chi connectivity index (χ4v) is 4.55. The van der Waals surface area contributed by atoms with Gasteiger partial charge < -0.3 is 9.30 Å². The van der Waals surface area contributed by atoms with Crippen LogP contribution in [0.3, 0.4) is 0 Å². The zero-order valence-electron chi connectivity index (χ0n) is 15.8. The van der Waals surface area contributed by atoms with Crippen molar-refractivity contribution in [3.8, 4) is 5.75 Å². The average molecular weight is 471 g/mol. The molecule has 1 amide bonds. The van der Waals surface area contributed by atoms with Gasteiger partial charge in [-0.1, -0.05) is 27.3 Å². The number of aromatic nitrogens is 3. The summed E-state index contributed by atoms with van der Waals surface area (Å²) in [6.07, 6.45) is 6.25. The fraction of sp³-hybridized carbons (Fsp3) is 0.190. The molecule has 29 heavy (non-hydrogen) atoms. The summed E-state index contributed by atoms with van der Waals surface area (Å²) in [5, 5.41) is 0.699. The molecule has 148 valence electrons. The number of carbonyl (C=O) groups is 1. The molecule has 0 bridgehead atoms. The van der Waals surface area contributed by atoms with Crippen LogP contribution in [0.1, 0.15) is 16.8 Å². The Morgan fingerprint density at radius 2 is 2.07 bits per heavy atom. The van der Waals surface area contributed by atoms with Crippen molar-refractivity contribution in [3.05, 3.63) is 71.2 Å². The summed E-state index contributed by atoms with van der Waals surface area (Å²) >= 11 is 5.02. The number of fused-ring (bicyclic) bond motifs is 1. The average Bonchev–Trinajstić information content (AvgIpc) is 3.40. The van der Waals surface area contributed by atoms with Crippen LogP contribution >= 0.6 is 27.3 Å². The lowest BCUT2D eigenvalue weighted by molar-refractivity contribution is 0.0986. The number of carbonyl (C=O) groups excluding carboxylic acids is 1. The van der Waals surface area contributed by atoms with E-state index in [1.807, 2.05) is 29.0 Å². The number of rotatable bonds is 7. The van der Waals surface area contributed by atoms with Crippen LogP contribution in [-0.2, 0) is 6.54 Å². The van der Waals surface area contributed by atoms with Gasteiger partial charge in [0.25, 0.3) is 5.91 Å². The van der Waals surface area contributed by atoms with Gasteiger partial charge in [0.1, 0.15) is 5.75 Å². The Balaban J connectivity index is 1.61. The quantitative estimate of drug-likeness (QED) is 0.381. The van der Waals surface area contributed by atoms with Crippen molar-refractivity contribution in [3.63, 3.8) is 0 Å². The first-order chi connectivity index (χ1) is 14.1. The van der Waals surface area contributed by atoms with Crippen LogP contribution in [0.5, 0.6) is 5.75 Å². The van der Waals surface area contributed by atoms with Gasteiger partial charge in [0.15, 0.2) is 5.13 Å². The molecule has 0 spiro atoms. The van der Waals surface area contributed by atoms with Crippen LogP contribution in [0.15, 0.2) is 65.7 Å². The molecule has 0 N–H and O–H groups in total. The Hall–Kier alpha value is -2.71. The van der Waals surface area contributed by atoms with E-state index in [1.165, 1.54) is 11.3 Å². The van der Waals surface area contributed by atoms with Crippen LogP contribution in [-0.4, -0.2) is 34.1 Å². The molecule has 0 atom stereocenters. The molecule has 0 fully saturated rings. The molecular weight excluding hydrogens is 452 g/mol. The first-order valence-corrected chi connectivity index (χ1v) is 10.7. The summed E-state index contributed by atoms with van der Waals surface area (Å²) in [4.78, 5) is 23.8. The highest BCUT2D eigenvalue weighted by Gasteiger charge is 2.21. The molecule has 0 saturated heterocycles. The normalized spacial score (nSPS) is 11.0. The Bertz CT molecular complexity index is 1110. The summed E-state index contributed by atoms with van der Waals surface area (Å²) in [5.41, 5.74) is 1.49. The number of hydrogen-bond acceptors (Lipinski definition) is 5. The van der Waals surface area contributed by atoms with Crippen molar-refractivity contribution in [2.45, 2.75) is 13.0 Å². The first kappa shape index (κ1) is 19.6. The maximum absolute atomic E-state index is 13.3. The SMILES string of the molecule is COc1ccc(C(=O)N(CCCn2ccnc2)c2nc3ccc(Br)cc3s2)cc1. The molecule has 2 heterocycles. The van der Waals surface area contributed by atoms with Crippen molar-refractivity contribution < 1.29 is 9.53 Å². The number of aryl methyl sites for hydroxylation is 1. The smallest absolute Gasteiger partial charge is 0.260 e. The van der Waals surface area contributed by atoms with Gasteiger partial charge in [-0.2, -0.15) is 0 Å². The third-order valence-electron chi connectivity index (χ3n) is 4.51. The summed E-state index contributed by atoms with van der Waals surface area (Å²) in [7, 11) is 1.61. The van der Waals surface area contributed by atoms with E-state index in [9.17, 15) is 4.79 Å². The second-order valence-corrected chi connectivity index (χ2v) is 8.37. The molecule has 0 saturated carbocycles. The van der Waals surface area contributed by atoms with Gasteiger partial charge in [-0.15, -0.1) is 0 Å². The maximum atomic E-state index is 13.3. The number of hydrogen-bond donors (Lipinski definition) is 0. The number of halogens is 1. The van der Waals surface area contributed by atoms with Gasteiger partial charge in [-0.25, -0.2) is 9.97 Å². The third kappa shape index (κ3) is 4.49. The number of ether oxygens (including phenoxy) is 1. The van der Waals surface area contributed by atoms with Crippen molar-refractivity contribution in [2.75, 3.05) is 18.6 Å². The van der Waals surface area contributed by atoms with Gasteiger partial charge in [0.05, 0.1) is 23.7 Å². The predicted molar refractivity (Wildman–Crippen MR) is 119 cm³/mol. The first-order valence-electron chi connectivity index (χ1n) is 9.12. The van der Waals surface area contributed by atoms with Crippen molar-refractivity contribution in [1.82, 2.24) is 14.5 Å². The van der Waals surface area contributed by atoms with Crippen LogP contribution < -0.4 is 9.64 Å². The molecule has 8 heteroatoms. The van der Waals surface area contributed by atoms with E-state index in [0.717, 1.165) is 33.4 Å². The van der Waals surface area contributed by atoms with Crippen LogP contribution in [0.25, 0.3) is 10.2 Å². The molecular formula is C21H19BrN4O2S. The van der Waals surface area contributed by atoms with Gasteiger partial charge >= 0.3 is 0 Å². The number of benzene rings is 2. The second-order valence-electron chi connectivity index (χ2n) is 6.45. The topological polar surface area (TPSA) is 60.2 Å². The molecule has 0 aliphatic heterocycles. The van der Waals surface area contributed by atoms with Gasteiger partial charge in [-0.3, -0.25) is 9.69 Å². The monoisotopic (exact) mass is 470 g/mol. The highest BCUT2D eigenvalue weighted by Crippen LogP contribution is 2.32. The number of anilines is 1. The molecule has 6 nitrogen and oxygen atoms in total. The molecule has 4 rings (SSSR count). The van der Waals surface area contributed by atoms with Crippen molar-refractivity contribution in [1.29, 1.82) is 0 Å².